The number of aromatic amines is 1. The fraction of sp³-hybridized carbons (Fsp3) is 0.615. The highest BCUT2D eigenvalue weighted by Crippen LogP contribution is 2.30. The molecule has 1 heterocycles. The number of nitrogens with zero attached hydrogens (tertiary/aromatic N) is 1. The first kappa shape index (κ1) is 15.8. The molecule has 0 spiro atoms. The van der Waals surface area contributed by atoms with Crippen molar-refractivity contribution >= 4 is 17.7 Å². The molecule has 19 heavy (non-hydrogen) atoms. The van der Waals surface area contributed by atoms with Gasteiger partial charge in [-0.1, -0.05) is 25.1 Å². The second-order valence-corrected chi connectivity index (χ2v) is 6.24. The van der Waals surface area contributed by atoms with E-state index in [-0.39, 0.29) is 11.5 Å². The number of carbonyl (C=O) groups excluding carboxylic acids is 1. The van der Waals surface area contributed by atoms with Crippen LogP contribution in [0, 0.1) is 0 Å². The van der Waals surface area contributed by atoms with Crippen molar-refractivity contribution in [2.75, 3.05) is 6.61 Å². The SMILES string of the molecule is CCCc1cc(=O)[nH]c(SC(C)(C)C(=O)OCC)n1. The van der Waals surface area contributed by atoms with Crippen LogP contribution in [0.3, 0.4) is 0 Å². The number of hydrogen-bond donors (Lipinski definition) is 1. The molecule has 0 saturated heterocycles. The van der Waals surface area contributed by atoms with Gasteiger partial charge in [0.2, 0.25) is 0 Å². The zero-order valence-electron chi connectivity index (χ0n) is 11.8. The number of ether oxygens (including phenoxy) is 1. The van der Waals surface area contributed by atoms with Gasteiger partial charge in [0.1, 0.15) is 4.75 Å². The molecule has 0 saturated carbocycles. The van der Waals surface area contributed by atoms with E-state index >= 15 is 0 Å². The van der Waals surface area contributed by atoms with Gasteiger partial charge in [0.25, 0.3) is 5.56 Å². The van der Waals surface area contributed by atoms with E-state index in [1.807, 2.05) is 6.92 Å². The third kappa shape index (κ3) is 4.70. The van der Waals surface area contributed by atoms with E-state index in [1.54, 1.807) is 20.8 Å². The van der Waals surface area contributed by atoms with Gasteiger partial charge >= 0.3 is 5.97 Å². The lowest BCUT2D eigenvalue weighted by molar-refractivity contribution is -0.145. The molecule has 0 aliphatic heterocycles. The van der Waals surface area contributed by atoms with Crippen molar-refractivity contribution in [1.82, 2.24) is 9.97 Å². The minimum Gasteiger partial charge on any atom is -0.465 e. The Kier molecular flexibility index (Phi) is 5.60. The second-order valence-electron chi connectivity index (χ2n) is 4.62. The normalized spacial score (nSPS) is 11.4. The first-order valence-electron chi connectivity index (χ1n) is 6.35. The molecule has 0 atom stereocenters. The Balaban J connectivity index is 2.92. The van der Waals surface area contributed by atoms with Crippen LogP contribution in [0.1, 0.15) is 39.8 Å². The van der Waals surface area contributed by atoms with Gasteiger partial charge in [-0.25, -0.2) is 4.98 Å². The number of carbonyl (C=O) groups is 1. The fourth-order valence-corrected chi connectivity index (χ4v) is 2.44. The van der Waals surface area contributed by atoms with Crippen molar-refractivity contribution in [3.8, 4) is 0 Å². The molecule has 0 radical (unpaired) electrons. The third-order valence-corrected chi connectivity index (χ3v) is 3.46. The Bertz CT molecular complexity index is 497. The quantitative estimate of drug-likeness (QED) is 0.492. The molecule has 0 bridgehead atoms. The summed E-state index contributed by atoms with van der Waals surface area (Å²) in [7, 11) is 0. The van der Waals surface area contributed by atoms with Crippen LogP contribution in [0.2, 0.25) is 0 Å². The lowest BCUT2D eigenvalue weighted by Crippen LogP contribution is -2.30. The molecule has 106 valence electrons. The molecule has 5 nitrogen and oxygen atoms in total. The van der Waals surface area contributed by atoms with Crippen molar-refractivity contribution in [2.45, 2.75) is 50.4 Å². The minimum absolute atomic E-state index is 0.194. The monoisotopic (exact) mass is 284 g/mol. The molecular weight excluding hydrogens is 264 g/mol. The predicted molar refractivity (Wildman–Crippen MR) is 75.4 cm³/mol. The summed E-state index contributed by atoms with van der Waals surface area (Å²) in [6, 6.07) is 1.49. The zero-order valence-corrected chi connectivity index (χ0v) is 12.6. The van der Waals surface area contributed by atoms with E-state index in [4.69, 9.17) is 4.74 Å². The Morgan fingerprint density at radius 3 is 2.74 bits per heavy atom. The molecule has 1 aromatic heterocycles. The molecule has 0 aliphatic rings. The summed E-state index contributed by atoms with van der Waals surface area (Å²) in [4.78, 5) is 30.3. The number of esters is 1. The van der Waals surface area contributed by atoms with E-state index in [2.05, 4.69) is 9.97 Å². The summed E-state index contributed by atoms with van der Waals surface area (Å²) in [6.45, 7) is 7.63. The zero-order chi connectivity index (χ0) is 14.5. The second kappa shape index (κ2) is 6.75. The maximum Gasteiger partial charge on any atom is 0.322 e. The topological polar surface area (TPSA) is 72.0 Å². The number of rotatable bonds is 6. The van der Waals surface area contributed by atoms with Crippen LogP contribution in [0.15, 0.2) is 16.0 Å². The first-order chi connectivity index (χ1) is 8.89. The average molecular weight is 284 g/mol. The first-order valence-corrected chi connectivity index (χ1v) is 7.17. The van der Waals surface area contributed by atoms with E-state index in [9.17, 15) is 9.59 Å². The molecular formula is C13H20N2O3S. The van der Waals surface area contributed by atoms with Crippen molar-refractivity contribution < 1.29 is 9.53 Å². The van der Waals surface area contributed by atoms with Crippen molar-refractivity contribution in [3.63, 3.8) is 0 Å². The van der Waals surface area contributed by atoms with Gasteiger partial charge in [-0.2, -0.15) is 0 Å². The Morgan fingerprint density at radius 1 is 1.47 bits per heavy atom. The third-order valence-electron chi connectivity index (χ3n) is 2.40. The van der Waals surface area contributed by atoms with Gasteiger partial charge < -0.3 is 9.72 Å². The van der Waals surface area contributed by atoms with Gasteiger partial charge in [-0.15, -0.1) is 0 Å². The maximum absolute atomic E-state index is 11.8. The highest BCUT2D eigenvalue weighted by Gasteiger charge is 2.31. The summed E-state index contributed by atoms with van der Waals surface area (Å²) >= 11 is 1.21. The Labute approximate surface area is 117 Å². The molecule has 0 aromatic carbocycles. The van der Waals surface area contributed by atoms with Gasteiger partial charge in [0.15, 0.2) is 5.16 Å². The van der Waals surface area contributed by atoms with Crippen molar-refractivity contribution in [1.29, 1.82) is 0 Å². The molecule has 1 rings (SSSR count). The van der Waals surface area contributed by atoms with Crippen LogP contribution < -0.4 is 5.56 Å². The molecule has 1 aromatic rings. The largest absolute Gasteiger partial charge is 0.465 e. The van der Waals surface area contributed by atoms with E-state index in [0.717, 1.165) is 18.5 Å². The predicted octanol–water partition coefficient (Wildman–Crippen LogP) is 2.16. The van der Waals surface area contributed by atoms with E-state index in [1.165, 1.54) is 17.8 Å². The van der Waals surface area contributed by atoms with Crippen molar-refractivity contribution in [3.05, 3.63) is 22.1 Å². The summed E-state index contributed by atoms with van der Waals surface area (Å²) in [5, 5.41) is 0.453. The molecule has 1 N–H and O–H groups in total. The number of thioether (sulfide) groups is 1. The van der Waals surface area contributed by atoms with Crippen LogP contribution in [0.5, 0.6) is 0 Å². The Hall–Kier alpha value is -1.30. The molecule has 6 heteroatoms. The van der Waals surface area contributed by atoms with Gasteiger partial charge in [0.05, 0.1) is 6.61 Å². The number of aromatic nitrogens is 2. The highest BCUT2D eigenvalue weighted by atomic mass is 32.2. The van der Waals surface area contributed by atoms with Gasteiger partial charge in [-0.3, -0.25) is 9.59 Å². The van der Waals surface area contributed by atoms with Crippen LogP contribution in [0.4, 0.5) is 0 Å². The number of aryl methyl sites for hydroxylation is 1. The van der Waals surface area contributed by atoms with Crippen LogP contribution >= 0.6 is 11.8 Å². The van der Waals surface area contributed by atoms with Gasteiger partial charge in [-0.05, 0) is 27.2 Å². The summed E-state index contributed by atoms with van der Waals surface area (Å²) < 4.78 is 4.23. The standard InChI is InChI=1S/C13H20N2O3S/c1-5-7-9-8-10(16)15-12(14-9)19-13(3,4)11(17)18-6-2/h8H,5-7H2,1-4H3,(H,14,15,16). The summed E-state index contributed by atoms with van der Waals surface area (Å²) in [5.41, 5.74) is 0.550. The maximum atomic E-state index is 11.8. The lowest BCUT2D eigenvalue weighted by Gasteiger charge is -2.20. The number of nitrogens with one attached hydrogen (secondary N) is 1. The molecule has 0 fully saturated rings. The Morgan fingerprint density at radius 2 is 2.16 bits per heavy atom. The minimum atomic E-state index is -0.781. The molecule has 0 unspecified atom stereocenters. The van der Waals surface area contributed by atoms with Crippen LogP contribution in [-0.4, -0.2) is 27.3 Å². The van der Waals surface area contributed by atoms with Crippen molar-refractivity contribution in [2.24, 2.45) is 0 Å². The van der Waals surface area contributed by atoms with Crippen LogP contribution in [0.25, 0.3) is 0 Å². The fourth-order valence-electron chi connectivity index (χ4n) is 1.50. The number of hydrogen-bond acceptors (Lipinski definition) is 5. The van der Waals surface area contributed by atoms with E-state index in [0.29, 0.717) is 11.8 Å². The smallest absolute Gasteiger partial charge is 0.322 e. The van der Waals surface area contributed by atoms with E-state index < -0.39 is 4.75 Å². The van der Waals surface area contributed by atoms with Crippen LogP contribution in [-0.2, 0) is 16.0 Å². The highest BCUT2D eigenvalue weighted by molar-refractivity contribution is 8.01. The van der Waals surface area contributed by atoms with Gasteiger partial charge in [0, 0.05) is 11.8 Å². The average Bonchev–Trinajstić information content (AvgIpc) is 2.28. The lowest BCUT2D eigenvalue weighted by atomic mass is 10.2. The molecule has 0 amide bonds. The molecule has 0 aliphatic carbocycles. The number of H-pyrrole nitrogens is 1. The summed E-state index contributed by atoms with van der Waals surface area (Å²) in [6.07, 6.45) is 1.67. The summed E-state index contributed by atoms with van der Waals surface area (Å²) in [5.74, 6) is -0.316.